The fraction of sp³-hybridized carbons (Fsp3) is 0.318. The Kier molecular flexibility index (Phi) is 5.34. The average molecular weight is 333 g/mol. The Labute approximate surface area is 150 Å². The van der Waals surface area contributed by atoms with Crippen molar-refractivity contribution < 1.29 is 0 Å². The summed E-state index contributed by atoms with van der Waals surface area (Å²) in [6.45, 7) is 9.54. The van der Waals surface area contributed by atoms with E-state index in [1.54, 1.807) is 0 Å². The van der Waals surface area contributed by atoms with Crippen molar-refractivity contribution in [1.82, 2.24) is 15.5 Å². The summed E-state index contributed by atoms with van der Waals surface area (Å²) >= 11 is 0. The van der Waals surface area contributed by atoms with Gasteiger partial charge in [-0.3, -0.25) is 5.10 Å². The number of aromatic nitrogens is 2. The van der Waals surface area contributed by atoms with Crippen LogP contribution in [0, 0.1) is 6.92 Å². The van der Waals surface area contributed by atoms with Crippen molar-refractivity contribution in [3.63, 3.8) is 0 Å². The number of H-pyrrole nitrogens is 1. The SMILES string of the molecule is Cc1ccc(-c2[nH]ncc2CNC(C)c2ccc(C(C)C)cc2)cc1. The van der Waals surface area contributed by atoms with Crippen molar-refractivity contribution in [2.45, 2.75) is 46.2 Å². The molecule has 3 nitrogen and oxygen atoms in total. The molecule has 0 amide bonds. The van der Waals surface area contributed by atoms with Crippen LogP contribution in [0.25, 0.3) is 11.3 Å². The molecule has 0 saturated heterocycles. The van der Waals surface area contributed by atoms with Gasteiger partial charge < -0.3 is 5.32 Å². The number of aromatic amines is 1. The minimum atomic E-state index is 0.294. The molecule has 0 aliphatic carbocycles. The van der Waals surface area contributed by atoms with Crippen LogP contribution in [0.5, 0.6) is 0 Å². The van der Waals surface area contributed by atoms with Crippen molar-refractivity contribution in [2.24, 2.45) is 0 Å². The third kappa shape index (κ3) is 4.18. The maximum atomic E-state index is 4.24. The van der Waals surface area contributed by atoms with Gasteiger partial charge >= 0.3 is 0 Å². The van der Waals surface area contributed by atoms with Crippen molar-refractivity contribution in [3.05, 3.63) is 77.0 Å². The van der Waals surface area contributed by atoms with E-state index >= 15 is 0 Å². The largest absolute Gasteiger partial charge is 0.306 e. The van der Waals surface area contributed by atoms with E-state index in [1.807, 2.05) is 6.20 Å². The molecule has 3 rings (SSSR count). The second kappa shape index (κ2) is 7.66. The highest BCUT2D eigenvalue weighted by Gasteiger charge is 2.10. The van der Waals surface area contributed by atoms with Gasteiger partial charge in [-0.25, -0.2) is 0 Å². The molecule has 25 heavy (non-hydrogen) atoms. The van der Waals surface area contributed by atoms with Gasteiger partial charge in [0, 0.05) is 18.2 Å². The van der Waals surface area contributed by atoms with E-state index in [0.29, 0.717) is 12.0 Å². The van der Waals surface area contributed by atoms with Crippen LogP contribution < -0.4 is 5.32 Å². The van der Waals surface area contributed by atoms with Gasteiger partial charge in [0.25, 0.3) is 0 Å². The predicted octanol–water partition coefficient (Wildman–Crippen LogP) is 5.36. The molecule has 0 aliphatic heterocycles. The normalized spacial score (nSPS) is 12.5. The monoisotopic (exact) mass is 333 g/mol. The first kappa shape index (κ1) is 17.4. The molecule has 0 saturated carbocycles. The van der Waals surface area contributed by atoms with Gasteiger partial charge in [0.1, 0.15) is 0 Å². The maximum absolute atomic E-state index is 4.24. The summed E-state index contributed by atoms with van der Waals surface area (Å²) < 4.78 is 0. The highest BCUT2D eigenvalue weighted by Crippen LogP contribution is 2.23. The Morgan fingerprint density at radius 1 is 0.920 bits per heavy atom. The van der Waals surface area contributed by atoms with Crippen molar-refractivity contribution in [2.75, 3.05) is 0 Å². The molecule has 130 valence electrons. The lowest BCUT2D eigenvalue weighted by Gasteiger charge is -2.15. The highest BCUT2D eigenvalue weighted by molar-refractivity contribution is 5.62. The molecule has 1 heterocycles. The highest BCUT2D eigenvalue weighted by atomic mass is 15.1. The Morgan fingerprint density at radius 2 is 1.56 bits per heavy atom. The van der Waals surface area contributed by atoms with E-state index in [9.17, 15) is 0 Å². The summed E-state index contributed by atoms with van der Waals surface area (Å²) in [6.07, 6.45) is 1.91. The third-order valence-electron chi connectivity index (χ3n) is 4.76. The zero-order valence-electron chi connectivity index (χ0n) is 15.5. The lowest BCUT2D eigenvalue weighted by atomic mass is 9.99. The summed E-state index contributed by atoms with van der Waals surface area (Å²) in [4.78, 5) is 0. The first-order valence-electron chi connectivity index (χ1n) is 8.97. The number of hydrogen-bond acceptors (Lipinski definition) is 2. The molecular weight excluding hydrogens is 306 g/mol. The summed E-state index contributed by atoms with van der Waals surface area (Å²) in [5, 5.41) is 11.0. The molecule has 1 aromatic heterocycles. The standard InChI is InChI=1S/C22H27N3/c1-15(2)18-9-11-19(12-10-18)17(4)23-13-21-14-24-25-22(21)20-7-5-16(3)6-8-20/h5-12,14-15,17,23H,13H2,1-4H3,(H,24,25). The lowest BCUT2D eigenvalue weighted by Crippen LogP contribution is -2.18. The number of nitrogens with zero attached hydrogens (tertiary/aromatic N) is 1. The topological polar surface area (TPSA) is 40.7 Å². The molecule has 0 spiro atoms. The van der Waals surface area contributed by atoms with E-state index in [-0.39, 0.29) is 0 Å². The lowest BCUT2D eigenvalue weighted by molar-refractivity contribution is 0.575. The maximum Gasteiger partial charge on any atom is 0.0695 e. The molecule has 1 atom stereocenters. The van der Waals surface area contributed by atoms with Gasteiger partial charge in [-0.05, 0) is 36.5 Å². The van der Waals surface area contributed by atoms with Crippen LogP contribution in [0.3, 0.4) is 0 Å². The number of nitrogens with one attached hydrogen (secondary N) is 2. The van der Waals surface area contributed by atoms with Gasteiger partial charge in [-0.15, -0.1) is 0 Å². The van der Waals surface area contributed by atoms with E-state index in [4.69, 9.17) is 0 Å². The molecule has 0 bridgehead atoms. The van der Waals surface area contributed by atoms with Crippen LogP contribution in [0.4, 0.5) is 0 Å². The fourth-order valence-corrected chi connectivity index (χ4v) is 2.97. The van der Waals surface area contributed by atoms with E-state index < -0.39 is 0 Å². The Bertz CT molecular complexity index is 798. The summed E-state index contributed by atoms with van der Waals surface area (Å²) in [5.41, 5.74) is 7.41. The smallest absolute Gasteiger partial charge is 0.0695 e. The van der Waals surface area contributed by atoms with E-state index in [0.717, 1.165) is 12.2 Å². The second-order valence-electron chi connectivity index (χ2n) is 7.06. The van der Waals surface area contributed by atoms with Crippen LogP contribution in [0.15, 0.2) is 54.7 Å². The quantitative estimate of drug-likeness (QED) is 0.637. The predicted molar refractivity (Wildman–Crippen MR) is 105 cm³/mol. The zero-order valence-corrected chi connectivity index (χ0v) is 15.5. The Morgan fingerprint density at radius 3 is 2.20 bits per heavy atom. The first-order valence-corrected chi connectivity index (χ1v) is 8.97. The Balaban J connectivity index is 1.67. The summed E-state index contributed by atoms with van der Waals surface area (Å²) in [6, 6.07) is 17.7. The van der Waals surface area contributed by atoms with Gasteiger partial charge in [0.15, 0.2) is 0 Å². The van der Waals surface area contributed by atoms with E-state index in [1.165, 1.54) is 27.8 Å². The van der Waals surface area contributed by atoms with Gasteiger partial charge in [-0.1, -0.05) is 67.9 Å². The molecule has 0 fully saturated rings. The molecule has 3 aromatic rings. The van der Waals surface area contributed by atoms with Gasteiger partial charge in [0.05, 0.1) is 11.9 Å². The minimum Gasteiger partial charge on any atom is -0.306 e. The van der Waals surface area contributed by atoms with Crippen molar-refractivity contribution >= 4 is 0 Å². The summed E-state index contributed by atoms with van der Waals surface area (Å²) in [5.74, 6) is 0.570. The molecular formula is C22H27N3. The number of hydrogen-bond donors (Lipinski definition) is 2. The van der Waals surface area contributed by atoms with Crippen LogP contribution in [0.2, 0.25) is 0 Å². The Hall–Kier alpha value is -2.39. The van der Waals surface area contributed by atoms with E-state index in [2.05, 4.69) is 91.7 Å². The second-order valence-corrected chi connectivity index (χ2v) is 7.06. The van der Waals surface area contributed by atoms with Gasteiger partial charge in [0.2, 0.25) is 0 Å². The van der Waals surface area contributed by atoms with Crippen LogP contribution in [-0.4, -0.2) is 10.2 Å². The third-order valence-corrected chi connectivity index (χ3v) is 4.76. The molecule has 2 N–H and O–H groups in total. The first-order chi connectivity index (χ1) is 12.0. The summed E-state index contributed by atoms with van der Waals surface area (Å²) in [7, 11) is 0. The number of rotatable bonds is 6. The molecule has 3 heteroatoms. The fourth-order valence-electron chi connectivity index (χ4n) is 2.97. The van der Waals surface area contributed by atoms with Gasteiger partial charge in [-0.2, -0.15) is 5.10 Å². The molecule has 2 aromatic carbocycles. The number of aryl methyl sites for hydroxylation is 1. The molecule has 1 unspecified atom stereocenters. The number of benzene rings is 2. The average Bonchev–Trinajstić information content (AvgIpc) is 3.09. The van der Waals surface area contributed by atoms with Crippen molar-refractivity contribution in [1.29, 1.82) is 0 Å². The van der Waals surface area contributed by atoms with Crippen molar-refractivity contribution in [3.8, 4) is 11.3 Å². The van der Waals surface area contributed by atoms with Crippen LogP contribution in [0.1, 0.15) is 55.0 Å². The molecule has 0 radical (unpaired) electrons. The van der Waals surface area contributed by atoms with Crippen LogP contribution >= 0.6 is 0 Å². The zero-order chi connectivity index (χ0) is 17.8. The van der Waals surface area contributed by atoms with Crippen LogP contribution in [-0.2, 0) is 6.54 Å². The minimum absolute atomic E-state index is 0.294. The molecule has 0 aliphatic rings.